The Hall–Kier alpha value is -1.80. The van der Waals surface area contributed by atoms with Gasteiger partial charge in [-0.05, 0) is 36.5 Å². The summed E-state index contributed by atoms with van der Waals surface area (Å²) in [6.07, 6.45) is 0.528. The molecule has 0 atom stereocenters. The molecule has 0 fully saturated rings. The maximum Gasteiger partial charge on any atom is 0.449 e. The monoisotopic (exact) mass is 360 g/mol. The zero-order chi connectivity index (χ0) is 18.4. The van der Waals surface area contributed by atoms with Crippen LogP contribution in [0, 0.1) is 5.41 Å². The van der Waals surface area contributed by atoms with Crippen LogP contribution in [-0.4, -0.2) is 32.7 Å². The zero-order valence-electron chi connectivity index (χ0n) is 14.4. The molecule has 1 aromatic carbocycles. The predicted molar refractivity (Wildman–Crippen MR) is 88.0 cm³/mol. The number of hydrogen-bond acceptors (Lipinski definition) is 7. The molecule has 0 spiro atoms. The minimum absolute atomic E-state index is 0.0479. The van der Waals surface area contributed by atoms with Crippen LogP contribution in [0.3, 0.4) is 0 Å². The number of benzene rings is 1. The van der Waals surface area contributed by atoms with Gasteiger partial charge in [0, 0.05) is 6.42 Å². The lowest BCUT2D eigenvalue weighted by molar-refractivity contribution is -0.143. The lowest BCUT2D eigenvalue weighted by atomic mass is 9.99. The van der Waals surface area contributed by atoms with Gasteiger partial charge in [-0.25, -0.2) is 4.18 Å². The molecule has 0 bridgehead atoms. The summed E-state index contributed by atoms with van der Waals surface area (Å²) in [5, 5.41) is 9.89. The summed E-state index contributed by atoms with van der Waals surface area (Å²) in [7, 11) is -4.27. The number of ether oxygens (including phenoxy) is 1. The van der Waals surface area contributed by atoms with Crippen LogP contribution in [0.25, 0.3) is 0 Å². The molecule has 0 amide bonds. The van der Waals surface area contributed by atoms with E-state index in [4.69, 9.17) is 13.1 Å². The quantitative estimate of drug-likeness (QED) is 0.711. The maximum atomic E-state index is 11.8. The molecule has 0 aliphatic carbocycles. The van der Waals surface area contributed by atoms with Gasteiger partial charge in [-0.1, -0.05) is 26.8 Å². The Morgan fingerprint density at radius 3 is 2.46 bits per heavy atom. The molecule has 0 radical (unpaired) electrons. The van der Waals surface area contributed by atoms with Crippen molar-refractivity contribution in [2.24, 2.45) is 5.41 Å². The fraction of sp³-hybridized carbons (Fsp3) is 0.562. The van der Waals surface area contributed by atoms with Crippen molar-refractivity contribution in [3.8, 4) is 11.5 Å². The van der Waals surface area contributed by atoms with Crippen molar-refractivity contribution in [1.82, 2.24) is 0 Å². The fourth-order valence-electron chi connectivity index (χ4n) is 1.65. The number of carbonyl (C=O) groups excluding carboxylic acids is 1. The number of aromatic hydroxyl groups is 1. The molecule has 0 heterocycles. The summed E-state index contributed by atoms with van der Waals surface area (Å²) in [6.45, 7) is 7.43. The highest BCUT2D eigenvalue weighted by Gasteiger charge is 2.21. The third-order valence-electron chi connectivity index (χ3n) is 2.77. The van der Waals surface area contributed by atoms with Gasteiger partial charge in [-0.15, -0.1) is 0 Å². The van der Waals surface area contributed by atoms with Crippen LogP contribution in [0.1, 0.15) is 39.7 Å². The molecule has 1 rings (SSSR count). The van der Waals surface area contributed by atoms with Crippen molar-refractivity contribution in [2.75, 3.05) is 13.2 Å². The number of phenols is 1. The maximum absolute atomic E-state index is 11.8. The highest BCUT2D eigenvalue weighted by molar-refractivity contribution is 7.82. The predicted octanol–water partition coefficient (Wildman–Crippen LogP) is 2.57. The van der Waals surface area contributed by atoms with E-state index in [1.54, 1.807) is 13.0 Å². The van der Waals surface area contributed by atoms with Crippen molar-refractivity contribution in [1.29, 1.82) is 0 Å². The first-order valence-corrected chi connectivity index (χ1v) is 8.92. The number of phenolic OH excluding ortho intramolecular Hbond substituents is 1. The third-order valence-corrected chi connectivity index (χ3v) is 3.56. The van der Waals surface area contributed by atoms with Crippen LogP contribution in [0.2, 0.25) is 0 Å². The largest absolute Gasteiger partial charge is 0.504 e. The first-order chi connectivity index (χ1) is 11.0. The molecular weight excluding hydrogens is 336 g/mol. The van der Waals surface area contributed by atoms with Crippen molar-refractivity contribution >= 4 is 16.4 Å². The van der Waals surface area contributed by atoms with Crippen LogP contribution in [0.4, 0.5) is 0 Å². The summed E-state index contributed by atoms with van der Waals surface area (Å²) in [6, 6.07) is 4.22. The van der Waals surface area contributed by atoms with Gasteiger partial charge >= 0.3 is 16.4 Å². The summed E-state index contributed by atoms with van der Waals surface area (Å²) < 4.78 is 37.8. The summed E-state index contributed by atoms with van der Waals surface area (Å²) in [4.78, 5) is 11.3. The van der Waals surface area contributed by atoms with Gasteiger partial charge < -0.3 is 14.0 Å². The summed E-state index contributed by atoms with van der Waals surface area (Å²) in [5.41, 5.74) is 0.302. The Morgan fingerprint density at radius 2 is 1.92 bits per heavy atom. The zero-order valence-corrected chi connectivity index (χ0v) is 15.2. The molecule has 24 heavy (non-hydrogen) atoms. The summed E-state index contributed by atoms with van der Waals surface area (Å²) in [5.74, 6) is -0.918. The number of esters is 1. The van der Waals surface area contributed by atoms with Crippen LogP contribution < -0.4 is 4.18 Å². The number of hydrogen-bond donors (Lipinski definition) is 1. The second-order valence-corrected chi connectivity index (χ2v) is 7.64. The molecule has 1 aromatic rings. The lowest BCUT2D eigenvalue weighted by Gasteiger charge is -2.17. The Balaban J connectivity index is 2.69. The molecule has 0 unspecified atom stereocenters. The SMILES string of the molecule is CCOC(=O)CCc1ccc(OS(=O)(=O)OCC(C)(C)C)c(O)c1. The number of aryl methyl sites for hydroxylation is 1. The average molecular weight is 360 g/mol. The number of rotatable bonds is 8. The van der Waals surface area contributed by atoms with Gasteiger partial charge in [0.1, 0.15) is 0 Å². The standard InChI is InChI=1S/C16H24O7S/c1-5-21-15(18)9-7-12-6-8-14(13(17)10-12)23-24(19,20)22-11-16(2,3)4/h6,8,10,17H,5,7,9,11H2,1-4H3. The van der Waals surface area contributed by atoms with E-state index in [1.165, 1.54) is 12.1 Å². The first kappa shape index (κ1) is 20.2. The van der Waals surface area contributed by atoms with E-state index in [0.29, 0.717) is 18.6 Å². The molecule has 0 saturated carbocycles. The second-order valence-electron chi connectivity index (χ2n) is 6.42. The van der Waals surface area contributed by atoms with E-state index < -0.39 is 10.4 Å². The van der Waals surface area contributed by atoms with Crippen LogP contribution in [0.15, 0.2) is 18.2 Å². The van der Waals surface area contributed by atoms with Crippen molar-refractivity contribution in [3.05, 3.63) is 23.8 Å². The molecule has 0 aliphatic heterocycles. The summed E-state index contributed by atoms with van der Waals surface area (Å²) >= 11 is 0. The second kappa shape index (κ2) is 8.34. The Bertz CT molecular complexity index is 659. The Morgan fingerprint density at radius 1 is 1.25 bits per heavy atom. The molecule has 0 saturated heterocycles. The number of carbonyl (C=O) groups is 1. The molecule has 7 nitrogen and oxygen atoms in total. The van der Waals surface area contributed by atoms with E-state index in [9.17, 15) is 18.3 Å². The average Bonchev–Trinajstić information content (AvgIpc) is 2.45. The molecule has 8 heteroatoms. The molecule has 136 valence electrons. The van der Waals surface area contributed by atoms with E-state index in [2.05, 4.69) is 0 Å². The molecule has 0 aliphatic rings. The Kier molecular flexibility index (Phi) is 7.04. The highest BCUT2D eigenvalue weighted by Crippen LogP contribution is 2.29. The van der Waals surface area contributed by atoms with Gasteiger partial charge in [-0.3, -0.25) is 4.79 Å². The smallest absolute Gasteiger partial charge is 0.449 e. The first-order valence-electron chi connectivity index (χ1n) is 7.59. The van der Waals surface area contributed by atoms with Gasteiger partial charge in [0.2, 0.25) is 0 Å². The molecule has 1 N–H and O–H groups in total. The van der Waals surface area contributed by atoms with Gasteiger partial charge in [0.15, 0.2) is 11.5 Å². The van der Waals surface area contributed by atoms with Crippen molar-refractivity contribution in [2.45, 2.75) is 40.5 Å². The lowest BCUT2D eigenvalue weighted by Crippen LogP contribution is -2.21. The minimum atomic E-state index is -4.27. The van der Waals surface area contributed by atoms with Crippen molar-refractivity contribution in [3.63, 3.8) is 0 Å². The normalized spacial score (nSPS) is 12.0. The minimum Gasteiger partial charge on any atom is -0.504 e. The fourth-order valence-corrected chi connectivity index (χ4v) is 2.56. The van der Waals surface area contributed by atoms with Gasteiger partial charge in [0.05, 0.1) is 13.2 Å². The van der Waals surface area contributed by atoms with E-state index in [0.717, 1.165) is 0 Å². The molecular formula is C16H24O7S. The van der Waals surface area contributed by atoms with E-state index in [-0.39, 0.29) is 35.9 Å². The van der Waals surface area contributed by atoms with E-state index >= 15 is 0 Å². The topological polar surface area (TPSA) is 99.1 Å². The van der Waals surface area contributed by atoms with Gasteiger partial charge in [-0.2, -0.15) is 8.42 Å². The Labute approximate surface area is 142 Å². The van der Waals surface area contributed by atoms with Gasteiger partial charge in [0.25, 0.3) is 0 Å². The molecule has 0 aromatic heterocycles. The third kappa shape index (κ3) is 7.65. The van der Waals surface area contributed by atoms with Crippen LogP contribution in [-0.2, 0) is 30.5 Å². The van der Waals surface area contributed by atoms with Crippen LogP contribution >= 0.6 is 0 Å². The van der Waals surface area contributed by atoms with Crippen molar-refractivity contribution < 1.29 is 31.4 Å². The highest BCUT2D eigenvalue weighted by atomic mass is 32.3. The van der Waals surface area contributed by atoms with E-state index in [1.807, 2.05) is 20.8 Å². The van der Waals surface area contributed by atoms with Crippen LogP contribution in [0.5, 0.6) is 11.5 Å².